The fourth-order valence-electron chi connectivity index (χ4n) is 8.32. The van der Waals surface area contributed by atoms with Crippen LogP contribution in [0.4, 0.5) is 0 Å². The molecule has 0 aromatic carbocycles. The number of unbranched alkanes of at least 4 members (excludes halogenated alkanes) is 25. The van der Waals surface area contributed by atoms with Gasteiger partial charge < -0.3 is 55.6 Å². The van der Waals surface area contributed by atoms with Gasteiger partial charge in [-0.3, -0.25) is 13.8 Å². The number of hydrogen-bond donors (Lipinski definition) is 9. The Morgan fingerprint density at radius 2 is 1.08 bits per heavy atom. The Bertz CT molecular complexity index is 1160. The van der Waals surface area contributed by atoms with Gasteiger partial charge in [-0.25, -0.2) is 4.57 Å². The molecule has 10 atom stereocenters. The number of likely N-dealkylation sites (N-methyl/N-ethyl adjacent to an activating group) is 1. The first-order valence-corrected chi connectivity index (χ1v) is 27.7. The van der Waals surface area contributed by atoms with Crippen LogP contribution in [0.5, 0.6) is 0 Å². The molecule has 1 aliphatic rings. The average molecular weight is 955 g/mol. The Morgan fingerprint density at radius 1 is 0.631 bits per heavy atom. The summed E-state index contributed by atoms with van der Waals surface area (Å²) < 4.78 is 33.5. The van der Waals surface area contributed by atoms with E-state index in [0.717, 1.165) is 50.9 Å². The van der Waals surface area contributed by atoms with Crippen molar-refractivity contribution in [1.82, 2.24) is 10.6 Å². The van der Waals surface area contributed by atoms with Gasteiger partial charge in [0.25, 0.3) is 0 Å². The van der Waals surface area contributed by atoms with E-state index in [-0.39, 0.29) is 26.0 Å². The Kier molecular flexibility index (Phi) is 38.3. The molecule has 0 saturated carbocycles. The molecule has 5 unspecified atom stereocenters. The van der Waals surface area contributed by atoms with Gasteiger partial charge in [-0.2, -0.15) is 0 Å². The fourth-order valence-corrected chi connectivity index (χ4v) is 9.05. The number of rotatable bonds is 45. The highest BCUT2D eigenvalue weighted by Gasteiger charge is 2.46. The molecule has 0 bridgehead atoms. The molecule has 0 aliphatic carbocycles. The van der Waals surface area contributed by atoms with Crippen LogP contribution in [0.25, 0.3) is 0 Å². The molecule has 0 radical (unpaired) electrons. The molecule has 0 aromatic rings. The van der Waals surface area contributed by atoms with Crippen molar-refractivity contribution < 1.29 is 63.4 Å². The number of aliphatic hydroxyl groups is 6. The monoisotopic (exact) mass is 955 g/mol. The zero-order valence-electron chi connectivity index (χ0n) is 41.3. The molecule has 65 heavy (non-hydrogen) atoms. The molecule has 1 saturated heterocycles. The molecule has 9 N–H and O–H groups in total. The van der Waals surface area contributed by atoms with Crippen LogP contribution in [-0.4, -0.2) is 130 Å². The van der Waals surface area contributed by atoms with Crippen LogP contribution in [0, 0.1) is 5.92 Å². The number of carbonyl (C=O) groups excluding carboxylic acids is 1. The van der Waals surface area contributed by atoms with E-state index in [0.29, 0.717) is 12.8 Å². The predicted octanol–water partition coefficient (Wildman–Crippen LogP) is 8.11. The van der Waals surface area contributed by atoms with E-state index in [1.807, 2.05) is 0 Å². The number of phosphoric ester groups is 1. The van der Waals surface area contributed by atoms with Crippen molar-refractivity contribution in [1.29, 1.82) is 0 Å². The van der Waals surface area contributed by atoms with Crippen molar-refractivity contribution in [3.05, 3.63) is 0 Å². The van der Waals surface area contributed by atoms with Crippen LogP contribution >= 0.6 is 7.82 Å². The third-order valence-electron chi connectivity index (χ3n) is 12.7. The topological polar surface area (TPSA) is 237 Å². The highest BCUT2D eigenvalue weighted by molar-refractivity contribution is 7.47. The van der Waals surface area contributed by atoms with Crippen molar-refractivity contribution in [2.45, 2.75) is 268 Å². The van der Waals surface area contributed by atoms with Gasteiger partial charge in [-0.05, 0) is 25.8 Å². The van der Waals surface area contributed by atoms with Crippen LogP contribution in [0.2, 0.25) is 0 Å². The molecule has 0 aromatic heterocycles. The first-order valence-electron chi connectivity index (χ1n) is 26.2. The van der Waals surface area contributed by atoms with Crippen molar-refractivity contribution in [3.63, 3.8) is 0 Å². The summed E-state index contributed by atoms with van der Waals surface area (Å²) >= 11 is 0. The summed E-state index contributed by atoms with van der Waals surface area (Å²) in [7, 11) is -2.92. The van der Waals surface area contributed by atoms with E-state index < -0.39 is 82.0 Å². The second-order valence-electron chi connectivity index (χ2n) is 19.2. The number of aliphatic hydroxyl groups excluding tert-OH is 6. The largest absolute Gasteiger partial charge is 0.472 e. The number of amides is 1. The van der Waals surface area contributed by atoms with Crippen LogP contribution in [0.15, 0.2) is 0 Å². The lowest BCUT2D eigenvalue weighted by atomic mass is 9.98. The maximum Gasteiger partial charge on any atom is 0.472 e. The van der Waals surface area contributed by atoms with Gasteiger partial charge in [0.1, 0.15) is 36.6 Å². The molecule has 388 valence electrons. The number of nitrogens with one attached hydrogen (secondary N) is 2. The van der Waals surface area contributed by atoms with Crippen molar-refractivity contribution in [2.24, 2.45) is 5.92 Å². The highest BCUT2D eigenvalue weighted by atomic mass is 31.2. The zero-order valence-corrected chi connectivity index (χ0v) is 42.2. The summed E-state index contributed by atoms with van der Waals surface area (Å²) in [5, 5.41) is 70.3. The summed E-state index contributed by atoms with van der Waals surface area (Å²) in [5.41, 5.74) is 0. The third kappa shape index (κ3) is 31.9. The second kappa shape index (κ2) is 40.0. The van der Waals surface area contributed by atoms with E-state index >= 15 is 0 Å². The number of carbonyl (C=O) groups is 1. The maximum absolute atomic E-state index is 13.3. The lowest BCUT2D eigenvalue weighted by Crippen LogP contribution is -2.60. The Labute approximate surface area is 394 Å². The zero-order chi connectivity index (χ0) is 48.1. The number of ether oxygens (including phenoxy) is 2. The van der Waals surface area contributed by atoms with Crippen LogP contribution < -0.4 is 10.6 Å². The van der Waals surface area contributed by atoms with Gasteiger partial charge in [0.15, 0.2) is 6.29 Å². The average Bonchev–Trinajstić information content (AvgIpc) is 3.27. The van der Waals surface area contributed by atoms with Gasteiger partial charge in [0.05, 0.1) is 32.0 Å². The van der Waals surface area contributed by atoms with Crippen molar-refractivity contribution in [3.8, 4) is 0 Å². The van der Waals surface area contributed by atoms with E-state index in [1.54, 1.807) is 7.05 Å². The summed E-state index contributed by atoms with van der Waals surface area (Å²) in [6.45, 7) is 5.65. The molecule has 1 rings (SSSR count). The van der Waals surface area contributed by atoms with Crippen LogP contribution in [-0.2, 0) is 27.9 Å². The number of phosphoric acid groups is 1. The molecular formula is C49H99N2O13P. The predicted molar refractivity (Wildman–Crippen MR) is 257 cm³/mol. The molecule has 0 spiro atoms. The van der Waals surface area contributed by atoms with Gasteiger partial charge in [0.2, 0.25) is 5.91 Å². The normalized spacial score (nSPS) is 21.9. The standard InChI is InChI=1S/C49H99N2O13P/c1-5-6-7-8-9-10-11-12-13-14-15-16-17-18-19-20-25-28-31-34-42(53)48(58)51-40(44(54)41(52)33-30-27-24-22-21-23-26-29-32-39(2)3)37-61-49-47(57)46(56)45(55)43(64-49)38-63-65(59,60)62-36-35-50-4/h39-47,49-50,52-57H,5-38H2,1-4H3,(H,51,58)(H,59,60)/t40?,41?,42?,43-,44?,45-,46+,47-,49-/m1/s1. The molecule has 15 nitrogen and oxygen atoms in total. The SMILES string of the molecule is CCCCCCCCCCCCCCCCCCCCCC(O)C(=O)NC(CO[C@@H]1O[C@H](COP(=O)(O)OCCNC)[C@@H](O)[C@H](O)[C@H]1O)C(O)C(O)CCCCCCCCCCC(C)C. The van der Waals surface area contributed by atoms with Crippen LogP contribution in [0.1, 0.15) is 213 Å². The minimum absolute atomic E-state index is 0.139. The van der Waals surface area contributed by atoms with Crippen LogP contribution in [0.3, 0.4) is 0 Å². The number of hydrogen-bond acceptors (Lipinski definition) is 13. The van der Waals surface area contributed by atoms with Crippen molar-refractivity contribution in [2.75, 3.05) is 33.4 Å². The molecule has 1 fully saturated rings. The smallest absolute Gasteiger partial charge is 0.390 e. The molecule has 1 amide bonds. The van der Waals surface area contributed by atoms with Gasteiger partial charge in [0, 0.05) is 6.54 Å². The van der Waals surface area contributed by atoms with E-state index in [4.69, 9.17) is 18.5 Å². The van der Waals surface area contributed by atoms with Gasteiger partial charge in [-0.15, -0.1) is 0 Å². The molecular weight excluding hydrogens is 856 g/mol. The maximum atomic E-state index is 13.3. The summed E-state index contributed by atoms with van der Waals surface area (Å²) in [5.74, 6) is -0.0185. The Balaban J connectivity index is 2.60. The molecule has 16 heteroatoms. The van der Waals surface area contributed by atoms with Gasteiger partial charge in [-0.1, -0.05) is 201 Å². The summed E-state index contributed by atoms with van der Waals surface area (Å²) in [6.07, 6.45) is 21.3. The first kappa shape index (κ1) is 62.2. The molecule has 1 heterocycles. The quantitative estimate of drug-likeness (QED) is 0.0207. The van der Waals surface area contributed by atoms with Gasteiger partial charge >= 0.3 is 7.82 Å². The van der Waals surface area contributed by atoms with E-state index in [1.165, 1.54) is 122 Å². The summed E-state index contributed by atoms with van der Waals surface area (Å²) in [4.78, 5) is 23.2. The Morgan fingerprint density at radius 3 is 1.54 bits per heavy atom. The third-order valence-corrected chi connectivity index (χ3v) is 13.7. The summed E-state index contributed by atoms with van der Waals surface area (Å²) in [6, 6.07) is -1.25. The Hall–Kier alpha value is -0.780. The van der Waals surface area contributed by atoms with E-state index in [9.17, 15) is 44.9 Å². The lowest BCUT2D eigenvalue weighted by molar-refractivity contribution is -0.302. The highest BCUT2D eigenvalue weighted by Crippen LogP contribution is 2.43. The lowest BCUT2D eigenvalue weighted by Gasteiger charge is -2.41. The second-order valence-corrected chi connectivity index (χ2v) is 20.6. The minimum atomic E-state index is -4.55. The van der Waals surface area contributed by atoms with E-state index in [2.05, 4.69) is 31.4 Å². The first-order chi connectivity index (χ1) is 31.2. The molecule has 1 aliphatic heterocycles. The minimum Gasteiger partial charge on any atom is -0.390 e. The fraction of sp³-hybridized carbons (Fsp3) is 0.980. The van der Waals surface area contributed by atoms with Crippen molar-refractivity contribution >= 4 is 13.7 Å².